The maximum Gasteiger partial charge on any atom is 0.352 e. The van der Waals surface area contributed by atoms with E-state index in [0.29, 0.717) is 28.8 Å². The molecule has 0 saturated carbocycles. The van der Waals surface area contributed by atoms with Crippen molar-refractivity contribution < 1.29 is 19.8 Å². The van der Waals surface area contributed by atoms with Crippen LogP contribution >= 0.6 is 0 Å². The summed E-state index contributed by atoms with van der Waals surface area (Å²) in [5.41, 5.74) is 2.23. The number of fused-ring (bicyclic) bond motifs is 4. The van der Waals surface area contributed by atoms with Crippen molar-refractivity contribution in [3.05, 3.63) is 59.4 Å². The van der Waals surface area contributed by atoms with Crippen LogP contribution in [0.4, 0.5) is 0 Å². The van der Waals surface area contributed by atoms with Gasteiger partial charge in [-0.05, 0) is 42.0 Å². The molecule has 1 saturated heterocycles. The molecule has 1 aromatic heterocycles. The molecule has 2 aliphatic heterocycles. The number of nitriles is 1. The van der Waals surface area contributed by atoms with Gasteiger partial charge in [0.25, 0.3) is 0 Å². The van der Waals surface area contributed by atoms with Gasteiger partial charge < -0.3 is 15.1 Å². The first-order chi connectivity index (χ1) is 14.4. The van der Waals surface area contributed by atoms with Crippen molar-refractivity contribution in [1.29, 1.82) is 5.26 Å². The van der Waals surface area contributed by atoms with Crippen molar-refractivity contribution in [1.82, 2.24) is 9.88 Å². The Labute approximate surface area is 171 Å². The molecular weight excluding hydrogens is 382 g/mol. The number of amides is 1. The number of aliphatic hydroxyl groups is 1. The zero-order valence-electron chi connectivity index (χ0n) is 16.0. The minimum absolute atomic E-state index is 0.0211. The molecule has 0 aliphatic carbocycles. The number of carboxylic acids is 1. The molecular formula is C23H17N3O4. The van der Waals surface area contributed by atoms with Gasteiger partial charge in [-0.1, -0.05) is 30.3 Å². The van der Waals surface area contributed by atoms with Gasteiger partial charge in [0.1, 0.15) is 17.5 Å². The fourth-order valence-electron chi connectivity index (χ4n) is 4.75. The summed E-state index contributed by atoms with van der Waals surface area (Å²) in [5, 5.41) is 31.6. The van der Waals surface area contributed by atoms with Crippen LogP contribution in [0.25, 0.3) is 27.2 Å². The number of benzene rings is 2. The topological polar surface area (TPSA) is 115 Å². The van der Waals surface area contributed by atoms with Crippen molar-refractivity contribution in [2.75, 3.05) is 0 Å². The molecule has 3 unspecified atom stereocenters. The summed E-state index contributed by atoms with van der Waals surface area (Å²) in [4.78, 5) is 30.2. The van der Waals surface area contributed by atoms with Gasteiger partial charge in [-0.15, -0.1) is 0 Å². The van der Waals surface area contributed by atoms with E-state index in [9.17, 15) is 25.1 Å². The number of β-lactam (4-membered cyclic amide) rings is 1. The van der Waals surface area contributed by atoms with E-state index in [-0.39, 0.29) is 17.6 Å². The van der Waals surface area contributed by atoms with Crippen molar-refractivity contribution in [3.8, 4) is 6.07 Å². The molecule has 0 bridgehead atoms. The minimum Gasteiger partial charge on any atom is -0.477 e. The first-order valence-corrected chi connectivity index (χ1v) is 9.63. The standard InChI is InChI=1S/C23H17N3O4/c1-11(27)20-19-9-15(21(23(29)30)26(19)22(20)28)12-6-7-17-16(8-12)13-4-2-3-5-14(13)18(10-24)25-17/h2-8,11,19-20,27H,9H2,1H3,(H,29,30). The highest BCUT2D eigenvalue weighted by atomic mass is 16.4. The second-order valence-corrected chi connectivity index (χ2v) is 7.73. The molecule has 7 heteroatoms. The quantitative estimate of drug-likeness (QED) is 0.517. The Morgan fingerprint density at radius 2 is 1.97 bits per heavy atom. The lowest BCUT2D eigenvalue weighted by atomic mass is 9.82. The fourth-order valence-corrected chi connectivity index (χ4v) is 4.75. The van der Waals surface area contributed by atoms with E-state index in [0.717, 1.165) is 16.2 Å². The lowest BCUT2D eigenvalue weighted by molar-refractivity contribution is -0.161. The Kier molecular flexibility index (Phi) is 3.88. The third kappa shape index (κ3) is 2.38. The summed E-state index contributed by atoms with van der Waals surface area (Å²) >= 11 is 0. The normalized spacial score (nSPS) is 21.5. The molecule has 3 atom stereocenters. The van der Waals surface area contributed by atoms with E-state index >= 15 is 0 Å². The van der Waals surface area contributed by atoms with Gasteiger partial charge >= 0.3 is 5.97 Å². The van der Waals surface area contributed by atoms with E-state index in [1.807, 2.05) is 30.3 Å². The summed E-state index contributed by atoms with van der Waals surface area (Å²) in [6.07, 6.45) is -0.460. The lowest BCUT2D eigenvalue weighted by Gasteiger charge is -2.44. The van der Waals surface area contributed by atoms with E-state index in [2.05, 4.69) is 11.1 Å². The van der Waals surface area contributed by atoms with Gasteiger partial charge in [0.15, 0.2) is 0 Å². The van der Waals surface area contributed by atoms with Crippen molar-refractivity contribution in [2.24, 2.45) is 5.92 Å². The summed E-state index contributed by atoms with van der Waals surface area (Å²) in [5.74, 6) is -2.10. The molecule has 2 N–H and O–H groups in total. The molecule has 2 aliphatic rings. The van der Waals surface area contributed by atoms with Crippen LogP contribution in [0, 0.1) is 17.2 Å². The van der Waals surface area contributed by atoms with E-state index in [1.54, 1.807) is 19.1 Å². The average Bonchev–Trinajstić information content (AvgIpc) is 3.07. The molecule has 0 spiro atoms. The van der Waals surface area contributed by atoms with Gasteiger partial charge in [0.05, 0.1) is 23.6 Å². The number of aromatic nitrogens is 1. The van der Waals surface area contributed by atoms with Crippen LogP contribution in [0.2, 0.25) is 0 Å². The number of rotatable bonds is 3. The van der Waals surface area contributed by atoms with Gasteiger partial charge in [-0.3, -0.25) is 4.79 Å². The van der Waals surface area contributed by atoms with Crippen molar-refractivity contribution >= 4 is 39.1 Å². The molecule has 148 valence electrons. The number of carbonyl (C=O) groups is 2. The molecule has 1 amide bonds. The van der Waals surface area contributed by atoms with Gasteiger partial charge in [0.2, 0.25) is 5.91 Å². The summed E-state index contributed by atoms with van der Waals surface area (Å²) < 4.78 is 0. The third-order valence-corrected chi connectivity index (χ3v) is 6.09. The maximum atomic E-state index is 12.5. The highest BCUT2D eigenvalue weighted by Crippen LogP contribution is 2.47. The number of hydrogen-bond acceptors (Lipinski definition) is 5. The fraction of sp³-hybridized carbons (Fsp3) is 0.217. The first kappa shape index (κ1) is 18.3. The van der Waals surface area contributed by atoms with Crippen molar-refractivity contribution in [3.63, 3.8) is 0 Å². The molecule has 5 rings (SSSR count). The molecule has 3 aromatic rings. The van der Waals surface area contributed by atoms with Gasteiger partial charge in [-0.25, -0.2) is 9.78 Å². The second kappa shape index (κ2) is 6.37. The third-order valence-electron chi connectivity index (χ3n) is 6.09. The zero-order valence-corrected chi connectivity index (χ0v) is 16.0. The predicted molar refractivity (Wildman–Crippen MR) is 109 cm³/mol. The lowest BCUT2D eigenvalue weighted by Crippen LogP contribution is -2.61. The number of carboxylic acid groups (broad SMARTS) is 1. The predicted octanol–water partition coefficient (Wildman–Crippen LogP) is 2.67. The smallest absolute Gasteiger partial charge is 0.352 e. The van der Waals surface area contributed by atoms with Crippen LogP contribution in [-0.2, 0) is 9.59 Å². The zero-order chi connectivity index (χ0) is 21.2. The Morgan fingerprint density at radius 3 is 2.63 bits per heavy atom. The molecule has 7 nitrogen and oxygen atoms in total. The molecule has 1 fully saturated rings. The molecule has 30 heavy (non-hydrogen) atoms. The van der Waals surface area contributed by atoms with Crippen LogP contribution in [-0.4, -0.2) is 44.1 Å². The maximum absolute atomic E-state index is 12.5. The summed E-state index contributed by atoms with van der Waals surface area (Å²) in [7, 11) is 0. The molecule has 3 heterocycles. The largest absolute Gasteiger partial charge is 0.477 e. The van der Waals surface area contributed by atoms with E-state index in [1.165, 1.54) is 4.90 Å². The highest BCUT2D eigenvalue weighted by Gasteiger charge is 2.56. The highest BCUT2D eigenvalue weighted by molar-refractivity contribution is 6.10. The molecule has 0 radical (unpaired) electrons. The molecule has 2 aromatic carbocycles. The van der Waals surface area contributed by atoms with Crippen LogP contribution in [0.1, 0.15) is 24.6 Å². The van der Waals surface area contributed by atoms with Crippen molar-refractivity contribution in [2.45, 2.75) is 25.5 Å². The van der Waals surface area contributed by atoms with Gasteiger partial charge in [-0.2, -0.15) is 5.26 Å². The van der Waals surface area contributed by atoms with E-state index in [4.69, 9.17) is 0 Å². The van der Waals surface area contributed by atoms with Crippen LogP contribution < -0.4 is 0 Å². The van der Waals surface area contributed by atoms with Crippen LogP contribution in [0.5, 0.6) is 0 Å². The number of aliphatic carboxylic acids is 1. The van der Waals surface area contributed by atoms with Gasteiger partial charge in [0, 0.05) is 10.8 Å². The first-order valence-electron chi connectivity index (χ1n) is 9.63. The number of carbonyl (C=O) groups excluding carboxylic acids is 1. The Morgan fingerprint density at radius 1 is 1.23 bits per heavy atom. The Bertz CT molecular complexity index is 1340. The van der Waals surface area contributed by atoms with Crippen LogP contribution in [0.15, 0.2) is 48.2 Å². The van der Waals surface area contributed by atoms with E-state index < -0.39 is 18.0 Å². The second-order valence-electron chi connectivity index (χ2n) is 7.73. The Hall–Kier alpha value is -3.76. The number of aliphatic hydroxyl groups excluding tert-OH is 1. The summed E-state index contributed by atoms with van der Waals surface area (Å²) in [6, 6.07) is 14.7. The van der Waals surface area contributed by atoms with Crippen LogP contribution in [0.3, 0.4) is 0 Å². The number of hydrogen-bond donors (Lipinski definition) is 2. The SMILES string of the molecule is CC(O)C1C(=O)N2C(C(=O)O)=C(c3ccc4nc(C#N)c5ccccc5c4c3)CC12. The number of pyridine rings is 1. The summed E-state index contributed by atoms with van der Waals surface area (Å²) in [6.45, 7) is 1.55. The average molecular weight is 399 g/mol. The Balaban J connectivity index is 1.70. The number of nitrogens with zero attached hydrogens (tertiary/aromatic N) is 3. The minimum atomic E-state index is -1.16. The monoisotopic (exact) mass is 399 g/mol.